The van der Waals surface area contributed by atoms with Crippen molar-refractivity contribution in [1.29, 1.82) is 0 Å². The number of nitrogens with one attached hydrogen (secondary N) is 1. The molecule has 0 saturated carbocycles. The van der Waals surface area contributed by atoms with Gasteiger partial charge in [0.2, 0.25) is 5.95 Å². The topological polar surface area (TPSA) is 78.3 Å². The lowest BCUT2D eigenvalue weighted by molar-refractivity contribution is -0.117. The molecule has 1 aromatic heterocycles. The lowest BCUT2D eigenvalue weighted by Gasteiger charge is -2.34. The van der Waals surface area contributed by atoms with Crippen molar-refractivity contribution in [3.8, 4) is 11.5 Å². The molecule has 26 heavy (non-hydrogen) atoms. The molecule has 4 rings (SSSR count). The first-order valence-electron chi connectivity index (χ1n) is 8.70. The third-order valence-electron chi connectivity index (χ3n) is 4.95. The number of hydrogen-bond acceptors (Lipinski definition) is 6. The van der Waals surface area contributed by atoms with Crippen molar-refractivity contribution in [3.63, 3.8) is 0 Å². The van der Waals surface area contributed by atoms with Gasteiger partial charge in [0.1, 0.15) is 11.9 Å². The largest absolute Gasteiger partial charge is 0.493 e. The van der Waals surface area contributed by atoms with Crippen LogP contribution in [0.25, 0.3) is 0 Å². The number of fused-ring (bicyclic) bond motifs is 1. The van der Waals surface area contributed by atoms with E-state index >= 15 is 0 Å². The van der Waals surface area contributed by atoms with E-state index in [1.807, 2.05) is 25.1 Å². The molecule has 1 N–H and O–H groups in total. The minimum absolute atomic E-state index is 0.157. The summed E-state index contributed by atoms with van der Waals surface area (Å²) in [6.07, 6.45) is 1.38. The molecule has 0 bridgehead atoms. The Morgan fingerprint density at radius 2 is 1.96 bits per heavy atom. The number of ketones is 1. The molecular formula is C19H22N4O3. The summed E-state index contributed by atoms with van der Waals surface area (Å²) in [5.74, 6) is 3.08. The van der Waals surface area contributed by atoms with E-state index < -0.39 is 0 Å². The van der Waals surface area contributed by atoms with Crippen LogP contribution in [-0.4, -0.2) is 34.8 Å². The highest BCUT2D eigenvalue weighted by atomic mass is 16.5. The fourth-order valence-electron chi connectivity index (χ4n) is 3.84. The Morgan fingerprint density at radius 1 is 1.19 bits per heavy atom. The minimum atomic E-state index is -0.317. The van der Waals surface area contributed by atoms with Crippen LogP contribution in [0.3, 0.4) is 0 Å². The zero-order valence-electron chi connectivity index (χ0n) is 15.4. The average molecular weight is 354 g/mol. The number of carbonyl (C=O) groups is 1. The van der Waals surface area contributed by atoms with Gasteiger partial charge in [0.25, 0.3) is 0 Å². The number of rotatable bonds is 3. The van der Waals surface area contributed by atoms with Gasteiger partial charge in [-0.05, 0) is 37.0 Å². The minimum Gasteiger partial charge on any atom is -0.493 e. The average Bonchev–Trinajstić information content (AvgIpc) is 2.98. The summed E-state index contributed by atoms with van der Waals surface area (Å²) >= 11 is 0. The number of hydrogen-bond donors (Lipinski definition) is 1. The molecule has 2 aromatic rings. The van der Waals surface area contributed by atoms with E-state index in [1.54, 1.807) is 18.9 Å². The Balaban J connectivity index is 1.90. The summed E-state index contributed by atoms with van der Waals surface area (Å²) in [4.78, 5) is 17.4. The van der Waals surface area contributed by atoms with Gasteiger partial charge in [-0.3, -0.25) is 4.79 Å². The van der Waals surface area contributed by atoms with Gasteiger partial charge in [0.05, 0.1) is 14.2 Å². The van der Waals surface area contributed by atoms with Crippen molar-refractivity contribution >= 4 is 11.7 Å². The van der Waals surface area contributed by atoms with E-state index in [2.05, 4.69) is 22.3 Å². The summed E-state index contributed by atoms with van der Waals surface area (Å²) in [6.45, 7) is 3.95. The molecule has 1 aromatic carbocycles. The molecule has 0 unspecified atom stereocenters. The fraction of sp³-hybridized carbons (Fsp3) is 0.421. The second-order valence-corrected chi connectivity index (χ2v) is 6.90. The first kappa shape index (κ1) is 16.6. The number of methoxy groups -OCH3 is 2. The summed E-state index contributed by atoms with van der Waals surface area (Å²) in [5, 5.41) is 7.86. The highest BCUT2D eigenvalue weighted by Crippen LogP contribution is 2.42. The van der Waals surface area contributed by atoms with Crippen LogP contribution in [0.1, 0.15) is 37.2 Å². The molecular weight excluding hydrogens is 332 g/mol. The summed E-state index contributed by atoms with van der Waals surface area (Å²) in [6, 6.07) is 5.40. The van der Waals surface area contributed by atoms with E-state index in [1.165, 1.54) is 0 Å². The van der Waals surface area contributed by atoms with Crippen molar-refractivity contribution in [2.24, 2.45) is 5.92 Å². The number of carbonyl (C=O) groups excluding carboxylic acids is 1. The third-order valence-corrected chi connectivity index (χ3v) is 4.95. The quantitative estimate of drug-likeness (QED) is 0.913. The second kappa shape index (κ2) is 6.16. The van der Waals surface area contributed by atoms with Crippen molar-refractivity contribution in [1.82, 2.24) is 14.8 Å². The number of allylic oxidation sites excluding steroid dienone is 2. The number of ether oxygens (including phenoxy) is 2. The maximum Gasteiger partial charge on any atom is 0.226 e. The lowest BCUT2D eigenvalue weighted by atomic mass is 9.81. The van der Waals surface area contributed by atoms with E-state index in [0.29, 0.717) is 35.6 Å². The molecule has 136 valence electrons. The van der Waals surface area contributed by atoms with Crippen LogP contribution in [0, 0.1) is 12.8 Å². The first-order valence-corrected chi connectivity index (χ1v) is 8.70. The first-order chi connectivity index (χ1) is 12.5. The number of anilines is 1. The molecule has 0 spiro atoms. The van der Waals surface area contributed by atoms with E-state index in [4.69, 9.17) is 9.47 Å². The maximum absolute atomic E-state index is 12.9. The molecule has 2 aliphatic rings. The monoisotopic (exact) mass is 354 g/mol. The van der Waals surface area contributed by atoms with E-state index in [-0.39, 0.29) is 11.8 Å². The maximum atomic E-state index is 12.9. The highest BCUT2D eigenvalue weighted by Gasteiger charge is 2.38. The van der Waals surface area contributed by atoms with Gasteiger partial charge in [-0.25, -0.2) is 4.68 Å². The Hall–Kier alpha value is -2.83. The van der Waals surface area contributed by atoms with Crippen LogP contribution in [0.4, 0.5) is 5.95 Å². The van der Waals surface area contributed by atoms with Gasteiger partial charge in [-0.1, -0.05) is 13.0 Å². The lowest BCUT2D eigenvalue weighted by Crippen LogP contribution is -2.33. The third kappa shape index (κ3) is 2.55. The molecule has 1 aliphatic heterocycles. The Labute approximate surface area is 152 Å². The number of aryl methyl sites for hydroxylation is 1. The Kier molecular flexibility index (Phi) is 3.94. The molecule has 2 atom stereocenters. The van der Waals surface area contributed by atoms with Crippen LogP contribution in [0.2, 0.25) is 0 Å². The molecule has 2 heterocycles. The zero-order valence-corrected chi connectivity index (χ0v) is 15.4. The molecule has 1 aliphatic carbocycles. The summed E-state index contributed by atoms with van der Waals surface area (Å²) < 4.78 is 12.6. The van der Waals surface area contributed by atoms with Crippen LogP contribution in [-0.2, 0) is 4.79 Å². The van der Waals surface area contributed by atoms with Crippen molar-refractivity contribution in [2.45, 2.75) is 32.7 Å². The van der Waals surface area contributed by atoms with Gasteiger partial charge < -0.3 is 14.8 Å². The van der Waals surface area contributed by atoms with Gasteiger partial charge in [0, 0.05) is 17.7 Å². The van der Waals surface area contributed by atoms with Gasteiger partial charge in [0.15, 0.2) is 17.3 Å². The number of benzene rings is 1. The van der Waals surface area contributed by atoms with Crippen molar-refractivity contribution in [3.05, 3.63) is 40.9 Å². The standard InChI is InChI=1S/C19H22N4O3/c1-10-7-13-17(14(24)8-10)18(23-19(21-13)20-11(2)22-23)12-5-6-15(25-3)16(9-12)26-4/h5-6,9-10,18H,7-8H2,1-4H3,(H,20,21,22)/t10-,18-/m0/s1. The normalized spacial score (nSPS) is 21.8. The van der Waals surface area contributed by atoms with Crippen molar-refractivity contribution in [2.75, 3.05) is 19.5 Å². The summed E-state index contributed by atoms with van der Waals surface area (Å²) in [7, 11) is 3.21. The Morgan fingerprint density at radius 3 is 2.69 bits per heavy atom. The van der Waals surface area contributed by atoms with E-state index in [0.717, 1.165) is 23.3 Å². The molecule has 7 nitrogen and oxygen atoms in total. The van der Waals surface area contributed by atoms with Gasteiger partial charge in [-0.15, -0.1) is 0 Å². The van der Waals surface area contributed by atoms with Crippen LogP contribution >= 0.6 is 0 Å². The smallest absolute Gasteiger partial charge is 0.226 e. The SMILES string of the molecule is COc1ccc([C@H]2C3=C(C[C@H](C)CC3=O)Nc3nc(C)nn32)cc1OC. The second-order valence-electron chi connectivity index (χ2n) is 6.90. The van der Waals surface area contributed by atoms with E-state index in [9.17, 15) is 4.79 Å². The molecule has 0 radical (unpaired) electrons. The number of Topliss-reactive ketones (excluding diaryl/α,β-unsaturated/α-hetero) is 1. The van der Waals surface area contributed by atoms with Crippen LogP contribution < -0.4 is 14.8 Å². The van der Waals surface area contributed by atoms with Crippen molar-refractivity contribution < 1.29 is 14.3 Å². The number of nitrogens with zero attached hydrogens (tertiary/aromatic N) is 3. The fourth-order valence-corrected chi connectivity index (χ4v) is 3.84. The molecule has 0 saturated heterocycles. The van der Waals surface area contributed by atoms with Gasteiger partial charge >= 0.3 is 0 Å². The number of aromatic nitrogens is 3. The van der Waals surface area contributed by atoms with Crippen LogP contribution in [0.15, 0.2) is 29.5 Å². The Bertz CT molecular complexity index is 916. The highest BCUT2D eigenvalue weighted by molar-refractivity contribution is 5.99. The molecule has 0 amide bonds. The predicted molar refractivity (Wildman–Crippen MR) is 96.5 cm³/mol. The zero-order chi connectivity index (χ0) is 18.4. The predicted octanol–water partition coefficient (Wildman–Crippen LogP) is 2.87. The van der Waals surface area contributed by atoms with Crippen LogP contribution in [0.5, 0.6) is 11.5 Å². The summed E-state index contributed by atoms with van der Waals surface area (Å²) in [5.41, 5.74) is 2.65. The molecule has 0 fully saturated rings. The van der Waals surface area contributed by atoms with Gasteiger partial charge in [-0.2, -0.15) is 10.1 Å². The molecule has 7 heteroatoms.